The predicted octanol–water partition coefficient (Wildman–Crippen LogP) is 1.27. The van der Waals surface area contributed by atoms with E-state index < -0.39 is 18.2 Å². The number of carbonyl (C=O) groups is 4. The van der Waals surface area contributed by atoms with Crippen molar-refractivity contribution in [2.24, 2.45) is 5.41 Å². The Morgan fingerprint density at radius 2 is 1.76 bits per heavy atom. The van der Waals surface area contributed by atoms with Crippen molar-refractivity contribution in [2.45, 2.75) is 44.4 Å². The van der Waals surface area contributed by atoms with Gasteiger partial charge < -0.3 is 20.2 Å². The lowest BCUT2D eigenvalue weighted by atomic mass is 9.72. The SMILES string of the molecule is O=C(O)C(F)(F)F.O=C1CC[C@@H](N2Cc3ccc(N4CC5(CCNCC5)C4)cc3C2=O)C(=O)N1. The summed E-state index contributed by atoms with van der Waals surface area (Å²) in [5.74, 6) is -3.47. The van der Waals surface area contributed by atoms with E-state index in [-0.39, 0.29) is 24.1 Å². The maximum absolute atomic E-state index is 12.9. The lowest BCUT2D eigenvalue weighted by molar-refractivity contribution is -0.192. The number of imide groups is 1. The molecule has 0 radical (unpaired) electrons. The highest BCUT2D eigenvalue weighted by Crippen LogP contribution is 2.42. The summed E-state index contributed by atoms with van der Waals surface area (Å²) < 4.78 is 31.7. The van der Waals surface area contributed by atoms with E-state index in [2.05, 4.69) is 21.6 Å². The largest absolute Gasteiger partial charge is 0.490 e. The van der Waals surface area contributed by atoms with Gasteiger partial charge >= 0.3 is 12.1 Å². The van der Waals surface area contributed by atoms with Crippen LogP contribution in [0, 0.1) is 5.41 Å². The molecule has 0 bridgehead atoms. The van der Waals surface area contributed by atoms with Gasteiger partial charge in [-0.25, -0.2) is 4.79 Å². The maximum Gasteiger partial charge on any atom is 0.490 e. The average Bonchev–Trinajstić information content (AvgIpc) is 3.08. The minimum absolute atomic E-state index is 0.0987. The van der Waals surface area contributed by atoms with Gasteiger partial charge in [0.2, 0.25) is 11.8 Å². The first-order valence-corrected chi connectivity index (χ1v) is 11.0. The molecule has 1 aromatic carbocycles. The molecule has 1 atom stereocenters. The molecule has 3 N–H and O–H groups in total. The molecule has 1 spiro atoms. The van der Waals surface area contributed by atoms with Gasteiger partial charge in [-0.05, 0) is 50.0 Å². The number of halogens is 3. The minimum atomic E-state index is -5.08. The van der Waals surface area contributed by atoms with Crippen LogP contribution in [0.25, 0.3) is 0 Å². The molecule has 184 valence electrons. The lowest BCUT2D eigenvalue weighted by Crippen LogP contribution is -2.60. The maximum atomic E-state index is 12.9. The zero-order chi connectivity index (χ0) is 24.7. The summed E-state index contributed by atoms with van der Waals surface area (Å²) in [7, 11) is 0. The molecule has 1 aromatic rings. The molecular weight excluding hydrogens is 457 g/mol. The van der Waals surface area contributed by atoms with E-state index in [9.17, 15) is 27.6 Å². The molecular formula is C22H25F3N4O5. The van der Waals surface area contributed by atoms with Crippen LogP contribution >= 0.6 is 0 Å². The van der Waals surface area contributed by atoms with Gasteiger partial charge in [-0.15, -0.1) is 0 Å². The quantitative estimate of drug-likeness (QED) is 0.544. The number of fused-ring (bicyclic) bond motifs is 1. The van der Waals surface area contributed by atoms with E-state index in [0.29, 0.717) is 23.9 Å². The lowest BCUT2D eigenvalue weighted by Gasteiger charge is -2.53. The van der Waals surface area contributed by atoms with Crippen molar-refractivity contribution in [3.8, 4) is 0 Å². The van der Waals surface area contributed by atoms with Crippen molar-refractivity contribution < 1.29 is 37.5 Å². The predicted molar refractivity (Wildman–Crippen MR) is 113 cm³/mol. The van der Waals surface area contributed by atoms with E-state index in [0.717, 1.165) is 37.4 Å². The van der Waals surface area contributed by atoms with Crippen LogP contribution in [-0.2, 0) is 20.9 Å². The van der Waals surface area contributed by atoms with Crippen LogP contribution in [0.3, 0.4) is 0 Å². The number of carboxylic acid groups (broad SMARTS) is 1. The molecule has 4 aliphatic rings. The van der Waals surface area contributed by atoms with Crippen LogP contribution in [0.2, 0.25) is 0 Å². The van der Waals surface area contributed by atoms with Gasteiger partial charge in [0.1, 0.15) is 6.04 Å². The molecule has 12 heteroatoms. The number of carbonyl (C=O) groups excluding carboxylic acids is 3. The highest BCUT2D eigenvalue weighted by atomic mass is 19.4. The van der Waals surface area contributed by atoms with Crippen molar-refractivity contribution in [1.29, 1.82) is 0 Å². The number of carboxylic acids is 1. The van der Waals surface area contributed by atoms with Gasteiger partial charge in [0.05, 0.1) is 0 Å². The van der Waals surface area contributed by atoms with Crippen LogP contribution < -0.4 is 15.5 Å². The number of amides is 3. The fourth-order valence-electron chi connectivity index (χ4n) is 4.96. The molecule has 5 rings (SSSR count). The van der Waals surface area contributed by atoms with E-state index in [1.807, 2.05) is 12.1 Å². The van der Waals surface area contributed by atoms with Gasteiger partial charge in [-0.3, -0.25) is 19.7 Å². The van der Waals surface area contributed by atoms with Gasteiger partial charge in [0.25, 0.3) is 5.91 Å². The molecule has 3 amide bonds. The third-order valence-electron chi connectivity index (χ3n) is 6.84. The Morgan fingerprint density at radius 1 is 1.12 bits per heavy atom. The summed E-state index contributed by atoms with van der Waals surface area (Å²) in [6.07, 6.45) is -1.96. The summed E-state index contributed by atoms with van der Waals surface area (Å²) in [6, 6.07) is 5.54. The van der Waals surface area contributed by atoms with Crippen LogP contribution in [0.4, 0.5) is 18.9 Å². The molecule has 0 unspecified atom stereocenters. The number of benzene rings is 1. The molecule has 0 saturated carbocycles. The molecule has 0 aliphatic carbocycles. The Balaban J connectivity index is 0.000000344. The first-order valence-electron chi connectivity index (χ1n) is 11.0. The first-order chi connectivity index (χ1) is 16.0. The third-order valence-corrected chi connectivity index (χ3v) is 6.84. The number of anilines is 1. The Labute approximate surface area is 193 Å². The van der Waals surface area contributed by atoms with E-state index in [1.165, 1.54) is 12.8 Å². The van der Waals surface area contributed by atoms with Crippen molar-refractivity contribution in [3.05, 3.63) is 29.3 Å². The highest BCUT2D eigenvalue weighted by molar-refractivity contribution is 6.05. The Hall–Kier alpha value is -3.15. The molecule has 9 nitrogen and oxygen atoms in total. The van der Waals surface area contributed by atoms with Gasteiger partial charge in [-0.2, -0.15) is 13.2 Å². The second kappa shape index (κ2) is 8.90. The first kappa shape index (κ1) is 24.0. The molecule has 4 heterocycles. The van der Waals surface area contributed by atoms with Crippen molar-refractivity contribution in [3.63, 3.8) is 0 Å². The smallest absolute Gasteiger partial charge is 0.475 e. The zero-order valence-electron chi connectivity index (χ0n) is 18.3. The normalized spacial score (nSPS) is 23.6. The molecule has 3 fully saturated rings. The number of rotatable bonds is 2. The van der Waals surface area contributed by atoms with Crippen molar-refractivity contribution in [1.82, 2.24) is 15.5 Å². The summed E-state index contributed by atoms with van der Waals surface area (Å²) >= 11 is 0. The van der Waals surface area contributed by atoms with Crippen LogP contribution in [0.5, 0.6) is 0 Å². The summed E-state index contributed by atoms with van der Waals surface area (Å²) in [6.45, 7) is 4.74. The van der Waals surface area contributed by atoms with Crippen LogP contribution in [-0.4, -0.2) is 72.1 Å². The molecule has 3 saturated heterocycles. The second-order valence-corrected chi connectivity index (χ2v) is 9.15. The Morgan fingerprint density at radius 3 is 2.35 bits per heavy atom. The fourth-order valence-corrected chi connectivity index (χ4v) is 4.96. The monoisotopic (exact) mass is 482 g/mol. The van der Waals surface area contributed by atoms with Gasteiger partial charge in [0.15, 0.2) is 0 Å². The van der Waals surface area contributed by atoms with Crippen LogP contribution in [0.15, 0.2) is 18.2 Å². The van der Waals surface area contributed by atoms with Crippen LogP contribution in [0.1, 0.15) is 41.6 Å². The summed E-state index contributed by atoms with van der Waals surface area (Å²) in [5, 5.41) is 12.9. The van der Waals surface area contributed by atoms with E-state index >= 15 is 0 Å². The molecule has 34 heavy (non-hydrogen) atoms. The zero-order valence-corrected chi connectivity index (χ0v) is 18.3. The Kier molecular flexibility index (Phi) is 6.28. The highest BCUT2D eigenvalue weighted by Gasteiger charge is 2.44. The average molecular weight is 482 g/mol. The van der Waals surface area contributed by atoms with E-state index in [4.69, 9.17) is 9.90 Å². The number of hydrogen-bond acceptors (Lipinski definition) is 6. The third kappa shape index (κ3) is 4.72. The second-order valence-electron chi connectivity index (χ2n) is 9.15. The molecule has 4 aliphatic heterocycles. The van der Waals surface area contributed by atoms with Gasteiger partial charge in [0, 0.05) is 42.7 Å². The summed E-state index contributed by atoms with van der Waals surface area (Å²) in [4.78, 5) is 49.3. The topological polar surface area (TPSA) is 119 Å². The minimum Gasteiger partial charge on any atom is -0.475 e. The number of nitrogens with one attached hydrogen (secondary N) is 2. The number of alkyl halides is 3. The van der Waals surface area contributed by atoms with Crippen molar-refractivity contribution in [2.75, 3.05) is 31.1 Å². The summed E-state index contributed by atoms with van der Waals surface area (Å²) in [5.41, 5.74) is 3.19. The Bertz CT molecular complexity index is 1010. The van der Waals surface area contributed by atoms with E-state index in [1.54, 1.807) is 4.90 Å². The number of piperidine rings is 2. The number of hydrogen-bond donors (Lipinski definition) is 3. The standard InChI is InChI=1S/C20H24N4O3.C2HF3O2/c25-17-4-3-16(18(26)22-17)24-10-13-1-2-14(9-15(13)19(24)27)23-11-20(12-23)5-7-21-8-6-20;3-2(4,5)1(6)7/h1-2,9,16,21H,3-8,10-12H2,(H,22,25,26);(H,6,7)/t16-;/m1./s1. The van der Waals surface area contributed by atoms with Crippen molar-refractivity contribution >= 4 is 29.4 Å². The number of nitrogens with zero attached hydrogens (tertiary/aromatic N) is 2. The van der Waals surface area contributed by atoms with Gasteiger partial charge in [-0.1, -0.05) is 6.07 Å². The molecule has 0 aromatic heterocycles. The number of aliphatic carboxylic acids is 1. The fraction of sp³-hybridized carbons (Fsp3) is 0.545.